The van der Waals surface area contributed by atoms with Crippen molar-refractivity contribution in [3.05, 3.63) is 88.0 Å². The molecule has 0 bridgehead atoms. The van der Waals surface area contributed by atoms with Gasteiger partial charge in [0.15, 0.2) is 0 Å². The second kappa shape index (κ2) is 8.44. The molecule has 3 aromatic rings. The van der Waals surface area contributed by atoms with Gasteiger partial charge in [-0.15, -0.1) is 0 Å². The highest BCUT2D eigenvalue weighted by Crippen LogP contribution is 2.32. The van der Waals surface area contributed by atoms with Crippen LogP contribution in [0.4, 0.5) is 24.7 Å². The Hall–Kier alpha value is -3.20. The monoisotopic (exact) mass is 463 g/mol. The number of carbonyl (C=O) groups is 2. The van der Waals surface area contributed by atoms with Gasteiger partial charge in [-0.1, -0.05) is 18.2 Å². The third-order valence-corrected chi connectivity index (χ3v) is 4.49. The summed E-state index contributed by atoms with van der Waals surface area (Å²) in [5, 5.41) is 5.01. The van der Waals surface area contributed by atoms with Crippen LogP contribution in [0, 0.1) is 0 Å². The average Bonchev–Trinajstić information content (AvgIpc) is 2.69. The Bertz CT molecular complexity index is 1070. The van der Waals surface area contributed by atoms with Crippen molar-refractivity contribution in [1.82, 2.24) is 4.98 Å². The van der Waals surface area contributed by atoms with Crippen molar-refractivity contribution >= 4 is 39.2 Å². The minimum Gasteiger partial charge on any atom is -0.322 e. The van der Waals surface area contributed by atoms with Gasteiger partial charge in [-0.25, -0.2) is 4.98 Å². The number of halogens is 4. The van der Waals surface area contributed by atoms with E-state index in [4.69, 9.17) is 0 Å². The molecule has 0 radical (unpaired) electrons. The number of amides is 2. The molecule has 3 rings (SSSR count). The summed E-state index contributed by atoms with van der Waals surface area (Å²) in [5.74, 6) is -1.11. The second-order valence-electron chi connectivity index (χ2n) is 5.87. The number of rotatable bonds is 4. The number of hydrogen-bond donors (Lipinski definition) is 2. The zero-order valence-corrected chi connectivity index (χ0v) is 16.2. The van der Waals surface area contributed by atoms with Crippen LogP contribution < -0.4 is 10.6 Å². The number of carbonyl (C=O) groups excluding carboxylic acids is 2. The van der Waals surface area contributed by atoms with Crippen molar-refractivity contribution in [1.29, 1.82) is 0 Å². The van der Waals surface area contributed by atoms with E-state index in [1.54, 1.807) is 12.1 Å². The first kappa shape index (κ1) is 20.5. The second-order valence-corrected chi connectivity index (χ2v) is 6.72. The summed E-state index contributed by atoms with van der Waals surface area (Å²) in [6.45, 7) is 0. The number of nitrogens with zero attached hydrogens (tertiary/aromatic N) is 1. The lowest BCUT2D eigenvalue weighted by Gasteiger charge is -2.13. The highest BCUT2D eigenvalue weighted by Gasteiger charge is 2.34. The summed E-state index contributed by atoms with van der Waals surface area (Å²) in [4.78, 5) is 28.8. The standard InChI is InChI=1S/C20H13BrF3N3O2/c21-16-9-4-10-25-17(16)27-18(28)12-5-3-6-13(11-12)26-19(29)14-7-1-2-8-15(14)20(22,23)24/h1-11H,(H,26,29)(H,25,27,28). The first-order valence-corrected chi connectivity index (χ1v) is 9.04. The molecule has 0 saturated carbocycles. The molecule has 1 heterocycles. The highest BCUT2D eigenvalue weighted by molar-refractivity contribution is 9.10. The smallest absolute Gasteiger partial charge is 0.322 e. The molecule has 5 nitrogen and oxygen atoms in total. The lowest BCUT2D eigenvalue weighted by Crippen LogP contribution is -2.19. The summed E-state index contributed by atoms with van der Waals surface area (Å²) in [5.41, 5.74) is -1.16. The van der Waals surface area contributed by atoms with E-state index in [-0.39, 0.29) is 11.3 Å². The van der Waals surface area contributed by atoms with Crippen molar-refractivity contribution in [2.24, 2.45) is 0 Å². The Labute approximate surface area is 172 Å². The summed E-state index contributed by atoms with van der Waals surface area (Å²) in [7, 11) is 0. The third-order valence-electron chi connectivity index (χ3n) is 3.85. The predicted molar refractivity (Wildman–Crippen MR) is 106 cm³/mol. The molecule has 0 saturated heterocycles. The van der Waals surface area contributed by atoms with Gasteiger partial charge in [-0.3, -0.25) is 9.59 Å². The van der Waals surface area contributed by atoms with Gasteiger partial charge in [0.1, 0.15) is 5.82 Å². The molecule has 2 amide bonds. The van der Waals surface area contributed by atoms with E-state index in [0.717, 1.165) is 12.1 Å². The Morgan fingerprint density at radius 2 is 1.66 bits per heavy atom. The molecule has 9 heteroatoms. The van der Waals surface area contributed by atoms with Crippen LogP contribution in [-0.2, 0) is 6.18 Å². The minimum absolute atomic E-state index is 0.180. The van der Waals surface area contributed by atoms with E-state index in [2.05, 4.69) is 31.5 Å². The van der Waals surface area contributed by atoms with E-state index in [1.165, 1.54) is 42.6 Å². The van der Waals surface area contributed by atoms with Gasteiger partial charge in [0.05, 0.1) is 15.6 Å². The summed E-state index contributed by atoms with van der Waals surface area (Å²) in [6.07, 6.45) is -3.15. The third kappa shape index (κ3) is 5.00. The minimum atomic E-state index is -4.66. The fraction of sp³-hybridized carbons (Fsp3) is 0.0500. The summed E-state index contributed by atoms with van der Waals surface area (Å²) < 4.78 is 39.9. The molecular weight excluding hydrogens is 451 g/mol. The number of hydrogen-bond acceptors (Lipinski definition) is 3. The van der Waals surface area contributed by atoms with Crippen molar-refractivity contribution in [2.75, 3.05) is 10.6 Å². The number of nitrogens with one attached hydrogen (secondary N) is 2. The van der Waals surface area contributed by atoms with E-state index >= 15 is 0 Å². The molecular formula is C20H13BrF3N3O2. The quantitative estimate of drug-likeness (QED) is 0.546. The zero-order chi connectivity index (χ0) is 21.0. The zero-order valence-electron chi connectivity index (χ0n) is 14.6. The molecule has 1 aromatic heterocycles. The topological polar surface area (TPSA) is 71.1 Å². The maximum atomic E-state index is 13.1. The number of benzene rings is 2. The fourth-order valence-corrected chi connectivity index (χ4v) is 2.88. The first-order valence-electron chi connectivity index (χ1n) is 8.25. The van der Waals surface area contributed by atoms with Crippen LogP contribution in [0.25, 0.3) is 0 Å². The van der Waals surface area contributed by atoms with Crippen LogP contribution in [0.1, 0.15) is 26.3 Å². The molecule has 0 unspecified atom stereocenters. The van der Waals surface area contributed by atoms with Crippen LogP contribution in [0.5, 0.6) is 0 Å². The molecule has 148 valence electrons. The Balaban J connectivity index is 1.79. The van der Waals surface area contributed by atoms with Crippen LogP contribution in [-0.4, -0.2) is 16.8 Å². The normalized spacial score (nSPS) is 11.0. The predicted octanol–water partition coefficient (Wildman–Crippen LogP) is 5.37. The van der Waals surface area contributed by atoms with Gasteiger partial charge in [-0.05, 0) is 58.4 Å². The van der Waals surface area contributed by atoms with E-state index in [9.17, 15) is 22.8 Å². The number of pyridine rings is 1. The van der Waals surface area contributed by atoms with E-state index < -0.39 is 29.1 Å². The van der Waals surface area contributed by atoms with Crippen molar-refractivity contribution in [3.8, 4) is 0 Å². The number of alkyl halides is 3. The van der Waals surface area contributed by atoms with Gasteiger partial charge < -0.3 is 10.6 Å². The lowest BCUT2D eigenvalue weighted by atomic mass is 10.1. The maximum Gasteiger partial charge on any atom is 0.417 e. The Kier molecular flexibility index (Phi) is 5.97. The molecule has 0 atom stereocenters. The largest absolute Gasteiger partial charge is 0.417 e. The van der Waals surface area contributed by atoms with Crippen molar-refractivity contribution in [3.63, 3.8) is 0 Å². The maximum absolute atomic E-state index is 13.1. The molecule has 0 aliphatic carbocycles. The SMILES string of the molecule is O=C(Nc1ncccc1Br)c1cccc(NC(=O)c2ccccc2C(F)(F)F)c1. The van der Waals surface area contributed by atoms with Crippen molar-refractivity contribution in [2.45, 2.75) is 6.18 Å². The van der Waals surface area contributed by atoms with E-state index in [0.29, 0.717) is 10.3 Å². The van der Waals surface area contributed by atoms with Gasteiger partial charge >= 0.3 is 6.18 Å². The summed E-state index contributed by atoms with van der Waals surface area (Å²) >= 11 is 3.27. The molecule has 0 aliphatic heterocycles. The van der Waals surface area contributed by atoms with Crippen molar-refractivity contribution < 1.29 is 22.8 Å². The van der Waals surface area contributed by atoms with E-state index in [1.807, 2.05) is 0 Å². The molecule has 29 heavy (non-hydrogen) atoms. The van der Waals surface area contributed by atoms with Gasteiger partial charge in [-0.2, -0.15) is 13.2 Å². The van der Waals surface area contributed by atoms with Gasteiger partial charge in [0, 0.05) is 17.4 Å². The number of aromatic nitrogens is 1. The van der Waals surface area contributed by atoms with Gasteiger partial charge in [0.25, 0.3) is 11.8 Å². The molecule has 0 fully saturated rings. The van der Waals surface area contributed by atoms with Crippen LogP contribution in [0.2, 0.25) is 0 Å². The summed E-state index contributed by atoms with van der Waals surface area (Å²) in [6, 6.07) is 13.7. The molecule has 2 aromatic carbocycles. The average molecular weight is 464 g/mol. The van der Waals surface area contributed by atoms with Crippen LogP contribution >= 0.6 is 15.9 Å². The highest BCUT2D eigenvalue weighted by atomic mass is 79.9. The molecule has 0 spiro atoms. The molecule has 0 aliphatic rings. The Morgan fingerprint density at radius 3 is 2.38 bits per heavy atom. The van der Waals surface area contributed by atoms with Crippen LogP contribution in [0.3, 0.4) is 0 Å². The fourth-order valence-electron chi connectivity index (χ4n) is 2.52. The Morgan fingerprint density at radius 1 is 0.897 bits per heavy atom. The lowest BCUT2D eigenvalue weighted by molar-refractivity contribution is -0.137. The van der Waals surface area contributed by atoms with Gasteiger partial charge in [0.2, 0.25) is 0 Å². The first-order chi connectivity index (χ1) is 13.8. The number of anilines is 2. The van der Waals surface area contributed by atoms with Crippen LogP contribution in [0.15, 0.2) is 71.3 Å². The molecule has 2 N–H and O–H groups in total.